The fourth-order valence-electron chi connectivity index (χ4n) is 1.38. The molecule has 0 aliphatic heterocycles. The minimum atomic E-state index is 0. The van der Waals surface area contributed by atoms with E-state index in [4.69, 9.17) is 5.73 Å². The molecule has 0 aliphatic carbocycles. The van der Waals surface area contributed by atoms with Crippen molar-refractivity contribution in [2.24, 2.45) is 0 Å². The standard InChI is InChI=1S/C12H11N.Na.Si/c13-12-9-5-4-8-11(12)10-6-2-1-3-7-10;;/h1-9H,13H2;;. The van der Waals surface area contributed by atoms with Crippen molar-refractivity contribution in [2.45, 2.75) is 0 Å². The summed E-state index contributed by atoms with van der Waals surface area (Å²) in [4.78, 5) is 0. The van der Waals surface area contributed by atoms with Gasteiger partial charge in [0.25, 0.3) is 0 Å². The summed E-state index contributed by atoms with van der Waals surface area (Å²) in [6, 6.07) is 18.1. The van der Waals surface area contributed by atoms with Crippen molar-refractivity contribution in [1.82, 2.24) is 0 Å². The van der Waals surface area contributed by atoms with Crippen LogP contribution in [-0.2, 0) is 0 Å². The number of nitrogens with two attached hydrogens (primary N) is 1. The van der Waals surface area contributed by atoms with E-state index in [0.717, 1.165) is 11.3 Å². The van der Waals surface area contributed by atoms with Gasteiger partial charge in [0.05, 0.1) is 0 Å². The fourth-order valence-corrected chi connectivity index (χ4v) is 1.38. The second kappa shape index (κ2) is 6.85. The quantitative estimate of drug-likeness (QED) is 0.578. The van der Waals surface area contributed by atoms with E-state index in [-0.39, 0.29) is 40.5 Å². The Morgan fingerprint density at radius 1 is 0.733 bits per heavy atom. The zero-order chi connectivity index (χ0) is 9.10. The van der Waals surface area contributed by atoms with E-state index in [9.17, 15) is 0 Å². The van der Waals surface area contributed by atoms with Gasteiger partial charge in [0.2, 0.25) is 0 Å². The zero-order valence-corrected chi connectivity index (χ0v) is 11.8. The minimum Gasteiger partial charge on any atom is -0.398 e. The van der Waals surface area contributed by atoms with Gasteiger partial charge in [-0.2, -0.15) is 0 Å². The van der Waals surface area contributed by atoms with Gasteiger partial charge in [0, 0.05) is 51.8 Å². The summed E-state index contributed by atoms with van der Waals surface area (Å²) >= 11 is 0. The zero-order valence-electron chi connectivity index (χ0n) is 8.77. The molecule has 0 bridgehead atoms. The molecule has 69 valence electrons. The van der Waals surface area contributed by atoms with Gasteiger partial charge in [0.15, 0.2) is 0 Å². The van der Waals surface area contributed by atoms with Crippen molar-refractivity contribution in [2.75, 3.05) is 5.73 Å². The van der Waals surface area contributed by atoms with E-state index in [1.165, 1.54) is 5.56 Å². The van der Waals surface area contributed by atoms with E-state index in [1.807, 2.05) is 42.5 Å². The number of rotatable bonds is 1. The summed E-state index contributed by atoms with van der Waals surface area (Å²) in [7, 11) is 0. The van der Waals surface area contributed by atoms with Crippen LogP contribution in [0.4, 0.5) is 5.69 Å². The summed E-state index contributed by atoms with van der Waals surface area (Å²) in [5.74, 6) is 0. The van der Waals surface area contributed by atoms with Gasteiger partial charge in [-0.15, -0.1) is 0 Å². The molecule has 2 aromatic carbocycles. The summed E-state index contributed by atoms with van der Waals surface area (Å²) in [6.07, 6.45) is 0. The summed E-state index contributed by atoms with van der Waals surface area (Å²) < 4.78 is 0. The van der Waals surface area contributed by atoms with Gasteiger partial charge in [-0.25, -0.2) is 0 Å². The Morgan fingerprint density at radius 2 is 1.27 bits per heavy atom. The molecule has 0 saturated heterocycles. The number of benzene rings is 2. The molecule has 3 heteroatoms. The van der Waals surface area contributed by atoms with Gasteiger partial charge in [-0.1, -0.05) is 48.5 Å². The Morgan fingerprint density at radius 3 is 1.87 bits per heavy atom. The van der Waals surface area contributed by atoms with Gasteiger partial charge in [-0.3, -0.25) is 0 Å². The third kappa shape index (κ3) is 3.50. The topological polar surface area (TPSA) is 26.0 Å². The maximum atomic E-state index is 5.85. The largest absolute Gasteiger partial charge is 0.398 e. The van der Waals surface area contributed by atoms with Crippen LogP contribution in [0.3, 0.4) is 0 Å². The van der Waals surface area contributed by atoms with Gasteiger partial charge < -0.3 is 5.73 Å². The van der Waals surface area contributed by atoms with Crippen LogP contribution in [0.25, 0.3) is 11.1 Å². The molecule has 2 rings (SSSR count). The molecular weight excluding hydrogens is 209 g/mol. The number of nitrogen functional groups attached to an aromatic ring is 1. The van der Waals surface area contributed by atoms with Gasteiger partial charge >= 0.3 is 0 Å². The molecule has 0 saturated carbocycles. The molecule has 0 unspecified atom stereocenters. The van der Waals surface area contributed by atoms with Crippen LogP contribution in [0.1, 0.15) is 0 Å². The molecule has 0 spiro atoms. The molecule has 2 aromatic rings. The first-order valence-electron chi connectivity index (χ1n) is 4.28. The minimum absolute atomic E-state index is 0. The fraction of sp³-hybridized carbons (Fsp3) is 0. The maximum absolute atomic E-state index is 5.85. The molecule has 0 fully saturated rings. The van der Waals surface area contributed by atoms with Crippen molar-refractivity contribution >= 4 is 46.2 Å². The third-order valence-corrected chi connectivity index (χ3v) is 2.05. The van der Waals surface area contributed by atoms with E-state index in [0.29, 0.717) is 0 Å². The van der Waals surface area contributed by atoms with Gasteiger partial charge in [0.1, 0.15) is 0 Å². The molecule has 5 radical (unpaired) electrons. The van der Waals surface area contributed by atoms with Crippen molar-refractivity contribution in [3.05, 3.63) is 54.6 Å². The first-order chi connectivity index (χ1) is 6.38. The number of hydrogen-bond acceptors (Lipinski definition) is 1. The summed E-state index contributed by atoms with van der Waals surface area (Å²) in [6.45, 7) is 0. The predicted octanol–water partition coefficient (Wildman–Crippen LogP) is 2.17. The Hall–Kier alpha value is -0.543. The van der Waals surface area contributed by atoms with E-state index < -0.39 is 0 Å². The first kappa shape index (κ1) is 14.5. The number of para-hydroxylation sites is 1. The van der Waals surface area contributed by atoms with Crippen LogP contribution in [0.2, 0.25) is 0 Å². The van der Waals surface area contributed by atoms with Crippen molar-refractivity contribution in [3.63, 3.8) is 0 Å². The van der Waals surface area contributed by atoms with Crippen LogP contribution >= 0.6 is 0 Å². The Kier molecular flexibility index (Phi) is 6.60. The Balaban J connectivity index is 0.000000980. The van der Waals surface area contributed by atoms with Crippen molar-refractivity contribution in [1.29, 1.82) is 0 Å². The van der Waals surface area contributed by atoms with E-state index >= 15 is 0 Å². The molecular formula is C12H11NNaSi. The number of anilines is 1. The van der Waals surface area contributed by atoms with Crippen molar-refractivity contribution < 1.29 is 0 Å². The summed E-state index contributed by atoms with van der Waals surface area (Å²) in [5, 5.41) is 0. The monoisotopic (exact) mass is 220 g/mol. The maximum Gasteiger partial charge on any atom is 0.0393 e. The average molecular weight is 220 g/mol. The van der Waals surface area contributed by atoms with E-state index in [2.05, 4.69) is 12.1 Å². The van der Waals surface area contributed by atoms with Crippen molar-refractivity contribution in [3.8, 4) is 11.1 Å². The van der Waals surface area contributed by atoms with E-state index in [1.54, 1.807) is 0 Å². The van der Waals surface area contributed by atoms with Crippen LogP contribution in [0.15, 0.2) is 54.6 Å². The molecule has 15 heavy (non-hydrogen) atoms. The smallest absolute Gasteiger partial charge is 0.0393 e. The Labute approximate surface area is 117 Å². The number of hydrogen-bond donors (Lipinski definition) is 1. The second-order valence-corrected chi connectivity index (χ2v) is 2.95. The molecule has 0 aromatic heterocycles. The Bertz CT molecular complexity index is 403. The molecule has 1 nitrogen and oxygen atoms in total. The molecule has 2 N–H and O–H groups in total. The molecule has 0 aliphatic rings. The van der Waals surface area contributed by atoms with Crippen LogP contribution in [-0.4, -0.2) is 40.5 Å². The SMILES string of the molecule is Nc1ccccc1-c1ccccc1.[Na].[Si]. The summed E-state index contributed by atoms with van der Waals surface area (Å²) in [5.41, 5.74) is 8.95. The molecule has 0 atom stereocenters. The molecule has 0 amide bonds. The van der Waals surface area contributed by atoms with Gasteiger partial charge in [-0.05, 0) is 11.6 Å². The van der Waals surface area contributed by atoms with Crippen LogP contribution < -0.4 is 5.73 Å². The predicted molar refractivity (Wildman–Crippen MR) is 67.8 cm³/mol. The third-order valence-electron chi connectivity index (χ3n) is 2.05. The van der Waals surface area contributed by atoms with Crippen LogP contribution in [0.5, 0.6) is 0 Å². The normalized spacial score (nSPS) is 8.53. The molecule has 0 heterocycles. The first-order valence-corrected chi connectivity index (χ1v) is 4.28. The van der Waals surface area contributed by atoms with Crippen LogP contribution in [0, 0.1) is 0 Å². The second-order valence-electron chi connectivity index (χ2n) is 2.95. The average Bonchev–Trinajstić information content (AvgIpc) is 2.20.